The molecule has 0 bridgehead atoms. The molecule has 1 aliphatic carbocycles. The highest BCUT2D eigenvalue weighted by Gasteiger charge is 2.29. The van der Waals surface area contributed by atoms with Crippen molar-refractivity contribution < 1.29 is 9.59 Å². The fourth-order valence-electron chi connectivity index (χ4n) is 2.73. The quantitative estimate of drug-likeness (QED) is 0.793. The van der Waals surface area contributed by atoms with Crippen LogP contribution in [0.4, 0.5) is 5.69 Å². The number of carbonyl (C=O) groups excluding carboxylic acids is 2. The molecule has 2 unspecified atom stereocenters. The number of benzene rings is 1. The molecule has 3 rings (SSSR count). The minimum atomic E-state index is -0.0550. The number of anilines is 1. The summed E-state index contributed by atoms with van der Waals surface area (Å²) in [5, 5.41) is 9.27. The van der Waals surface area contributed by atoms with Crippen molar-refractivity contribution in [3.63, 3.8) is 0 Å². The van der Waals surface area contributed by atoms with Crippen LogP contribution < -0.4 is 16.0 Å². The second-order valence-electron chi connectivity index (χ2n) is 6.39. The van der Waals surface area contributed by atoms with Gasteiger partial charge < -0.3 is 16.0 Å². The van der Waals surface area contributed by atoms with E-state index in [2.05, 4.69) is 22.9 Å². The van der Waals surface area contributed by atoms with Gasteiger partial charge in [-0.1, -0.05) is 6.92 Å². The number of rotatable bonds is 4. The maximum absolute atomic E-state index is 12.3. The molecule has 3 N–H and O–H groups in total. The number of hydrogen-bond donors (Lipinski definition) is 3. The first-order chi connectivity index (χ1) is 10.6. The predicted octanol–water partition coefficient (Wildman–Crippen LogP) is 1.76. The average Bonchev–Trinajstić information content (AvgIpc) is 3.35. The largest absolute Gasteiger partial charge is 0.348 e. The van der Waals surface area contributed by atoms with Crippen molar-refractivity contribution in [2.24, 2.45) is 11.8 Å². The van der Waals surface area contributed by atoms with E-state index >= 15 is 0 Å². The van der Waals surface area contributed by atoms with Crippen LogP contribution in [0.3, 0.4) is 0 Å². The summed E-state index contributed by atoms with van der Waals surface area (Å²) >= 11 is 0. The molecule has 1 aromatic rings. The van der Waals surface area contributed by atoms with Gasteiger partial charge in [-0.25, -0.2) is 0 Å². The summed E-state index contributed by atoms with van der Waals surface area (Å²) < 4.78 is 0. The van der Waals surface area contributed by atoms with Gasteiger partial charge >= 0.3 is 0 Å². The maximum Gasteiger partial charge on any atom is 0.251 e. The minimum Gasteiger partial charge on any atom is -0.348 e. The van der Waals surface area contributed by atoms with Crippen LogP contribution in [-0.4, -0.2) is 30.9 Å². The second-order valence-corrected chi connectivity index (χ2v) is 6.39. The van der Waals surface area contributed by atoms with Crippen LogP contribution in [0.25, 0.3) is 0 Å². The number of amides is 2. The van der Waals surface area contributed by atoms with Crippen molar-refractivity contribution in [2.75, 3.05) is 18.4 Å². The Morgan fingerprint density at radius 2 is 1.86 bits per heavy atom. The summed E-state index contributed by atoms with van der Waals surface area (Å²) in [5.41, 5.74) is 1.38. The van der Waals surface area contributed by atoms with Crippen LogP contribution in [0.15, 0.2) is 24.3 Å². The molecule has 1 aromatic carbocycles. The van der Waals surface area contributed by atoms with E-state index in [1.807, 2.05) is 0 Å². The molecule has 0 radical (unpaired) electrons. The summed E-state index contributed by atoms with van der Waals surface area (Å²) in [4.78, 5) is 24.0. The molecular formula is C17H23N3O2. The lowest BCUT2D eigenvalue weighted by atomic mass is 9.94. The van der Waals surface area contributed by atoms with Crippen molar-refractivity contribution in [1.82, 2.24) is 10.6 Å². The molecule has 22 heavy (non-hydrogen) atoms. The third kappa shape index (κ3) is 3.65. The highest BCUT2D eigenvalue weighted by molar-refractivity contribution is 5.96. The first kappa shape index (κ1) is 15.0. The lowest BCUT2D eigenvalue weighted by molar-refractivity contribution is -0.117. The van der Waals surface area contributed by atoms with Crippen molar-refractivity contribution >= 4 is 17.5 Å². The Hall–Kier alpha value is -1.88. The maximum atomic E-state index is 12.3. The van der Waals surface area contributed by atoms with E-state index in [-0.39, 0.29) is 23.8 Å². The summed E-state index contributed by atoms with van der Waals surface area (Å²) in [5.74, 6) is 0.700. The molecular weight excluding hydrogens is 278 g/mol. The van der Waals surface area contributed by atoms with Crippen LogP contribution in [0.1, 0.15) is 36.5 Å². The summed E-state index contributed by atoms with van der Waals surface area (Å²) in [6.07, 6.45) is 3.05. The third-order valence-corrected chi connectivity index (χ3v) is 4.51. The minimum absolute atomic E-state index is 0.0550. The number of piperidine rings is 1. The van der Waals surface area contributed by atoms with E-state index in [1.54, 1.807) is 24.3 Å². The highest BCUT2D eigenvalue weighted by Crippen LogP contribution is 2.30. The van der Waals surface area contributed by atoms with Crippen LogP contribution in [-0.2, 0) is 4.79 Å². The van der Waals surface area contributed by atoms with Crippen LogP contribution >= 0.6 is 0 Å². The first-order valence-corrected chi connectivity index (χ1v) is 8.06. The zero-order valence-corrected chi connectivity index (χ0v) is 12.9. The monoisotopic (exact) mass is 301 g/mol. The fourth-order valence-corrected chi connectivity index (χ4v) is 2.73. The normalized spacial score (nSPS) is 24.6. The van der Waals surface area contributed by atoms with E-state index in [4.69, 9.17) is 0 Å². The Morgan fingerprint density at radius 1 is 1.14 bits per heavy atom. The molecule has 0 aromatic heterocycles. The molecule has 5 heteroatoms. The first-order valence-electron chi connectivity index (χ1n) is 8.06. The third-order valence-electron chi connectivity index (χ3n) is 4.51. The van der Waals surface area contributed by atoms with Gasteiger partial charge in [0.05, 0.1) is 0 Å². The molecule has 5 nitrogen and oxygen atoms in total. The Morgan fingerprint density at radius 3 is 2.50 bits per heavy atom. The van der Waals surface area contributed by atoms with Crippen LogP contribution in [0, 0.1) is 11.8 Å². The van der Waals surface area contributed by atoms with E-state index < -0.39 is 0 Å². The van der Waals surface area contributed by atoms with E-state index in [0.29, 0.717) is 11.5 Å². The average molecular weight is 301 g/mol. The molecule has 0 spiro atoms. The Kier molecular flexibility index (Phi) is 4.43. The van der Waals surface area contributed by atoms with Gasteiger partial charge in [0.25, 0.3) is 5.91 Å². The Labute approximate surface area is 130 Å². The summed E-state index contributed by atoms with van der Waals surface area (Å²) in [6.45, 7) is 4.01. The van der Waals surface area contributed by atoms with Gasteiger partial charge in [0.15, 0.2) is 0 Å². The van der Waals surface area contributed by atoms with E-state index in [0.717, 1.165) is 38.0 Å². The Balaban J connectivity index is 1.57. The number of nitrogens with one attached hydrogen (secondary N) is 3. The molecule has 2 amide bonds. The van der Waals surface area contributed by atoms with Crippen LogP contribution in [0.2, 0.25) is 0 Å². The second kappa shape index (κ2) is 6.48. The fraction of sp³-hybridized carbons (Fsp3) is 0.529. The van der Waals surface area contributed by atoms with Gasteiger partial charge in [-0.3, -0.25) is 9.59 Å². The topological polar surface area (TPSA) is 70.2 Å². The van der Waals surface area contributed by atoms with E-state index in [1.165, 1.54) is 0 Å². The molecule has 1 heterocycles. The molecule has 118 valence electrons. The summed E-state index contributed by atoms with van der Waals surface area (Å²) in [6, 6.07) is 7.28. The highest BCUT2D eigenvalue weighted by atomic mass is 16.2. The van der Waals surface area contributed by atoms with E-state index in [9.17, 15) is 9.59 Å². The SMILES string of the molecule is CC1CCNCC1NC(=O)c1ccc(NC(=O)C2CC2)cc1. The predicted molar refractivity (Wildman–Crippen MR) is 85.7 cm³/mol. The molecule has 1 aliphatic heterocycles. The van der Waals surface area contributed by atoms with Gasteiger partial charge in [0.2, 0.25) is 5.91 Å². The van der Waals surface area contributed by atoms with Gasteiger partial charge in [-0.2, -0.15) is 0 Å². The molecule has 1 saturated carbocycles. The zero-order chi connectivity index (χ0) is 15.5. The van der Waals surface area contributed by atoms with Gasteiger partial charge in [-0.15, -0.1) is 0 Å². The van der Waals surface area contributed by atoms with Gasteiger partial charge in [0.1, 0.15) is 0 Å². The number of hydrogen-bond acceptors (Lipinski definition) is 3. The van der Waals surface area contributed by atoms with Crippen molar-refractivity contribution in [1.29, 1.82) is 0 Å². The Bertz CT molecular complexity index is 552. The van der Waals surface area contributed by atoms with Gasteiger partial charge in [0, 0.05) is 29.8 Å². The molecule has 1 saturated heterocycles. The van der Waals surface area contributed by atoms with Crippen molar-refractivity contribution in [3.05, 3.63) is 29.8 Å². The van der Waals surface area contributed by atoms with Crippen molar-refractivity contribution in [2.45, 2.75) is 32.2 Å². The smallest absolute Gasteiger partial charge is 0.251 e. The lowest BCUT2D eigenvalue weighted by Gasteiger charge is -2.30. The molecule has 2 aliphatic rings. The molecule has 2 atom stereocenters. The van der Waals surface area contributed by atoms with Crippen LogP contribution in [0.5, 0.6) is 0 Å². The van der Waals surface area contributed by atoms with Crippen molar-refractivity contribution in [3.8, 4) is 0 Å². The lowest BCUT2D eigenvalue weighted by Crippen LogP contribution is -2.50. The summed E-state index contributed by atoms with van der Waals surface area (Å²) in [7, 11) is 0. The van der Waals surface area contributed by atoms with Gasteiger partial charge in [-0.05, 0) is 56.0 Å². The molecule has 2 fully saturated rings. The number of carbonyl (C=O) groups is 2. The zero-order valence-electron chi connectivity index (χ0n) is 12.9. The standard InChI is InChI=1S/C17H23N3O2/c1-11-8-9-18-10-15(11)20-17(22)13-4-6-14(7-5-13)19-16(21)12-2-3-12/h4-7,11-12,15,18H,2-3,8-10H2,1H3,(H,19,21)(H,20,22).